The maximum atomic E-state index is 15.7. The third-order valence-electron chi connectivity index (χ3n) is 8.06. The first-order valence-electron chi connectivity index (χ1n) is 12.7. The molecule has 7 nitrogen and oxygen atoms in total. The number of rotatable bonds is 3. The Kier molecular flexibility index (Phi) is 4.95. The van der Waals surface area contributed by atoms with Crippen molar-refractivity contribution in [3.05, 3.63) is 65.5 Å². The first-order valence-corrected chi connectivity index (χ1v) is 12.7. The zero-order chi connectivity index (χ0) is 25.3. The van der Waals surface area contributed by atoms with Crippen molar-refractivity contribution in [1.82, 2.24) is 14.4 Å². The summed E-state index contributed by atoms with van der Waals surface area (Å²) in [4.78, 5) is 12.1. The minimum absolute atomic E-state index is 0.0524. The lowest BCUT2D eigenvalue weighted by Crippen LogP contribution is -2.48. The smallest absolute Gasteiger partial charge is 0.212 e. The summed E-state index contributed by atoms with van der Waals surface area (Å²) in [5.41, 5.74) is 10.4. The van der Waals surface area contributed by atoms with Gasteiger partial charge in [-0.3, -0.25) is 4.40 Å². The Morgan fingerprint density at radius 2 is 1.89 bits per heavy atom. The van der Waals surface area contributed by atoms with Crippen molar-refractivity contribution < 1.29 is 8.78 Å². The Hall–Kier alpha value is -4.03. The largest absolute Gasteiger partial charge is 0.384 e. The van der Waals surface area contributed by atoms with Gasteiger partial charge >= 0.3 is 0 Å². The van der Waals surface area contributed by atoms with Crippen LogP contribution in [0.1, 0.15) is 36.8 Å². The van der Waals surface area contributed by atoms with Gasteiger partial charge < -0.3 is 16.0 Å². The summed E-state index contributed by atoms with van der Waals surface area (Å²) < 4.78 is 32.4. The average molecular weight is 498 g/mol. The standard InChI is InChI=1S/C28H25F2N7/c29-22-10-16(1-2-17(22)14-31)26-25(21-13-24-15(5-6-33-24)9-23(21)30)27-34-7-8-36(27)28(35-26)37-19-3-4-20(37)12-18(32)11-19/h1-2,7-10,13,18-20,33H,3-6,11-12,32H2. The number of nitrogens with zero attached hydrogens (tertiary/aromatic N) is 5. The van der Waals surface area contributed by atoms with E-state index in [1.54, 1.807) is 24.4 Å². The zero-order valence-corrected chi connectivity index (χ0v) is 20.1. The molecule has 2 fully saturated rings. The van der Waals surface area contributed by atoms with Gasteiger partial charge in [0.05, 0.1) is 16.8 Å². The van der Waals surface area contributed by atoms with E-state index in [9.17, 15) is 9.65 Å². The fourth-order valence-corrected chi connectivity index (χ4v) is 6.41. The van der Waals surface area contributed by atoms with Crippen molar-refractivity contribution in [2.45, 2.75) is 50.2 Å². The fourth-order valence-electron chi connectivity index (χ4n) is 6.41. The van der Waals surface area contributed by atoms with Gasteiger partial charge in [0, 0.05) is 53.9 Å². The van der Waals surface area contributed by atoms with E-state index in [0.29, 0.717) is 34.0 Å². The van der Waals surface area contributed by atoms with E-state index in [4.69, 9.17) is 10.7 Å². The zero-order valence-electron chi connectivity index (χ0n) is 20.1. The Morgan fingerprint density at radius 1 is 1.08 bits per heavy atom. The monoisotopic (exact) mass is 497 g/mol. The maximum absolute atomic E-state index is 15.7. The van der Waals surface area contributed by atoms with E-state index < -0.39 is 5.82 Å². The number of hydrogen-bond donors (Lipinski definition) is 2. The number of hydrogen-bond acceptors (Lipinski definition) is 6. The van der Waals surface area contributed by atoms with Crippen molar-refractivity contribution in [1.29, 1.82) is 5.26 Å². The van der Waals surface area contributed by atoms with Crippen molar-refractivity contribution >= 4 is 17.3 Å². The predicted octanol–water partition coefficient (Wildman–Crippen LogP) is 4.64. The molecule has 0 amide bonds. The number of nitriles is 1. The van der Waals surface area contributed by atoms with Gasteiger partial charge in [-0.1, -0.05) is 6.07 Å². The molecular formula is C28H25F2N7. The molecule has 0 saturated carbocycles. The van der Waals surface area contributed by atoms with Gasteiger partial charge in [-0.25, -0.2) is 18.7 Å². The lowest BCUT2D eigenvalue weighted by molar-refractivity contribution is 0.408. The fraction of sp³-hybridized carbons (Fsp3) is 0.321. The van der Waals surface area contributed by atoms with Gasteiger partial charge in [-0.15, -0.1) is 0 Å². The van der Waals surface area contributed by atoms with Crippen molar-refractivity contribution in [2.75, 3.05) is 16.8 Å². The molecule has 9 heteroatoms. The lowest BCUT2D eigenvalue weighted by Gasteiger charge is -2.39. The van der Waals surface area contributed by atoms with Crippen LogP contribution in [0.2, 0.25) is 0 Å². The van der Waals surface area contributed by atoms with E-state index in [0.717, 1.165) is 49.9 Å². The second-order valence-corrected chi connectivity index (χ2v) is 10.3. The van der Waals surface area contributed by atoms with Gasteiger partial charge in [0.2, 0.25) is 5.95 Å². The number of nitrogens with one attached hydrogen (secondary N) is 1. The topological polar surface area (TPSA) is 95.3 Å². The summed E-state index contributed by atoms with van der Waals surface area (Å²) in [5, 5.41) is 12.6. The molecule has 2 atom stereocenters. The second kappa shape index (κ2) is 8.25. The number of anilines is 2. The molecule has 37 heavy (non-hydrogen) atoms. The second-order valence-electron chi connectivity index (χ2n) is 10.3. The lowest BCUT2D eigenvalue weighted by atomic mass is 9.96. The molecule has 7 rings (SSSR count). The van der Waals surface area contributed by atoms with E-state index in [2.05, 4.69) is 15.2 Å². The van der Waals surface area contributed by atoms with E-state index in [1.165, 1.54) is 12.1 Å². The summed E-state index contributed by atoms with van der Waals surface area (Å²) in [7, 11) is 0. The minimum atomic E-state index is -0.641. The highest BCUT2D eigenvalue weighted by Gasteiger charge is 2.42. The average Bonchev–Trinajstić information content (AvgIpc) is 3.61. The molecule has 3 aliphatic rings. The van der Waals surface area contributed by atoms with E-state index >= 15 is 4.39 Å². The van der Waals surface area contributed by atoms with Crippen LogP contribution in [0.5, 0.6) is 0 Å². The van der Waals surface area contributed by atoms with Crippen molar-refractivity contribution in [3.8, 4) is 28.5 Å². The molecule has 4 aromatic rings. The molecule has 2 saturated heterocycles. The number of aromatic nitrogens is 3. The Labute approximate surface area is 212 Å². The molecular weight excluding hydrogens is 472 g/mol. The molecule has 0 aliphatic carbocycles. The maximum Gasteiger partial charge on any atom is 0.212 e. The molecule has 2 aromatic carbocycles. The molecule has 2 aromatic heterocycles. The first kappa shape index (κ1) is 22.2. The highest BCUT2D eigenvalue weighted by atomic mass is 19.1. The van der Waals surface area contributed by atoms with Crippen molar-refractivity contribution in [2.24, 2.45) is 5.73 Å². The third kappa shape index (κ3) is 3.39. The summed E-state index contributed by atoms with van der Waals surface area (Å²) >= 11 is 0. The molecule has 2 unspecified atom stereocenters. The summed E-state index contributed by atoms with van der Waals surface area (Å²) in [6, 6.07) is 10.3. The van der Waals surface area contributed by atoms with Crippen LogP contribution in [0, 0.1) is 23.0 Å². The summed E-state index contributed by atoms with van der Waals surface area (Å²) in [6.45, 7) is 0.752. The number of nitrogens with two attached hydrogens (primary N) is 1. The van der Waals surface area contributed by atoms with Gasteiger partial charge in [-0.05, 0) is 61.9 Å². The minimum Gasteiger partial charge on any atom is -0.384 e. The quantitative estimate of drug-likeness (QED) is 0.428. The number of halogens is 2. The Morgan fingerprint density at radius 3 is 2.65 bits per heavy atom. The molecule has 5 heterocycles. The van der Waals surface area contributed by atoms with Crippen LogP contribution in [-0.4, -0.2) is 39.0 Å². The highest BCUT2D eigenvalue weighted by molar-refractivity contribution is 5.92. The predicted molar refractivity (Wildman–Crippen MR) is 137 cm³/mol. The molecule has 0 radical (unpaired) electrons. The van der Waals surface area contributed by atoms with Gasteiger partial charge in [0.15, 0.2) is 0 Å². The number of benzene rings is 2. The van der Waals surface area contributed by atoms with Crippen LogP contribution in [-0.2, 0) is 6.42 Å². The normalized spacial score (nSPS) is 22.2. The molecule has 2 bridgehead atoms. The van der Waals surface area contributed by atoms with Gasteiger partial charge in [0.25, 0.3) is 0 Å². The Balaban J connectivity index is 1.51. The molecule has 3 N–H and O–H groups in total. The first-order chi connectivity index (χ1) is 18.0. The summed E-state index contributed by atoms with van der Waals surface area (Å²) in [6.07, 6.45) is 8.12. The number of fused-ring (bicyclic) bond motifs is 4. The molecule has 186 valence electrons. The number of piperidine rings is 1. The SMILES string of the molecule is N#Cc1ccc(-c2nc(N3C4CCC3CC(N)C4)n3ccnc3c2-c2cc3c(cc2F)CCN3)cc1F. The summed E-state index contributed by atoms with van der Waals surface area (Å²) in [5.74, 6) is -0.311. The molecule has 3 aliphatic heterocycles. The number of imidazole rings is 1. The van der Waals surface area contributed by atoms with Crippen LogP contribution in [0.25, 0.3) is 28.0 Å². The van der Waals surface area contributed by atoms with Crippen LogP contribution in [0.15, 0.2) is 42.7 Å². The molecule has 0 spiro atoms. The van der Waals surface area contributed by atoms with Gasteiger partial charge in [-0.2, -0.15) is 5.26 Å². The van der Waals surface area contributed by atoms with Crippen LogP contribution in [0.3, 0.4) is 0 Å². The Bertz CT molecular complexity index is 1590. The third-order valence-corrected chi connectivity index (χ3v) is 8.06. The van der Waals surface area contributed by atoms with Crippen LogP contribution in [0.4, 0.5) is 20.4 Å². The van der Waals surface area contributed by atoms with Crippen LogP contribution < -0.4 is 16.0 Å². The van der Waals surface area contributed by atoms with Gasteiger partial charge in [0.1, 0.15) is 23.4 Å². The van der Waals surface area contributed by atoms with Crippen LogP contribution >= 0.6 is 0 Å². The van der Waals surface area contributed by atoms with Crippen molar-refractivity contribution in [3.63, 3.8) is 0 Å². The highest BCUT2D eigenvalue weighted by Crippen LogP contribution is 2.43. The van der Waals surface area contributed by atoms with E-state index in [-0.39, 0.29) is 29.5 Å². The van der Waals surface area contributed by atoms with E-state index in [1.807, 2.05) is 16.7 Å².